The first kappa shape index (κ1) is 8.08. The van der Waals surface area contributed by atoms with Gasteiger partial charge in [0.2, 0.25) is 0 Å². The summed E-state index contributed by atoms with van der Waals surface area (Å²) in [7, 11) is 0. The minimum Gasteiger partial charge on any atom is -0.308 e. The molecule has 64 valence electrons. The third-order valence-corrected chi connectivity index (χ3v) is 2.53. The molecule has 2 nitrogen and oxygen atoms in total. The van der Waals surface area contributed by atoms with Gasteiger partial charge >= 0.3 is 0 Å². The molecule has 0 aromatic heterocycles. The highest BCUT2D eigenvalue weighted by Crippen LogP contribution is 2.18. The highest BCUT2D eigenvalue weighted by atomic mass is 79.9. The largest absolute Gasteiger partial charge is 0.308 e. The van der Waals surface area contributed by atoms with Crippen molar-refractivity contribution in [3.05, 3.63) is 28.7 Å². The van der Waals surface area contributed by atoms with Crippen LogP contribution in [0.3, 0.4) is 0 Å². The van der Waals surface area contributed by atoms with Gasteiger partial charge in [0.1, 0.15) is 0 Å². The number of nitrogens with zero attached hydrogens (tertiary/aromatic N) is 1. The number of benzene rings is 1. The zero-order valence-corrected chi connectivity index (χ0v) is 8.34. The van der Waals surface area contributed by atoms with Gasteiger partial charge in [-0.15, -0.1) is 0 Å². The molecule has 1 N–H and O–H groups in total. The number of halogens is 1. The average Bonchev–Trinajstić information content (AvgIpc) is 2.58. The molecule has 0 spiro atoms. The SMILES string of the molecule is Brc1ccc(N2CCCN2)cc1. The first-order chi connectivity index (χ1) is 5.86. The van der Waals surface area contributed by atoms with Crippen LogP contribution in [0.5, 0.6) is 0 Å². The van der Waals surface area contributed by atoms with Gasteiger partial charge in [-0.25, -0.2) is 5.43 Å². The molecule has 0 bridgehead atoms. The fraction of sp³-hybridized carbons (Fsp3) is 0.333. The Hall–Kier alpha value is -0.540. The maximum atomic E-state index is 3.42. The predicted molar refractivity (Wildman–Crippen MR) is 54.1 cm³/mol. The van der Waals surface area contributed by atoms with Crippen LogP contribution in [0.2, 0.25) is 0 Å². The van der Waals surface area contributed by atoms with Gasteiger partial charge in [0.25, 0.3) is 0 Å². The van der Waals surface area contributed by atoms with Crippen LogP contribution >= 0.6 is 15.9 Å². The summed E-state index contributed by atoms with van der Waals surface area (Å²) in [5, 5.41) is 2.19. The van der Waals surface area contributed by atoms with E-state index in [2.05, 4.69) is 50.6 Å². The molecule has 1 saturated heterocycles. The minimum atomic E-state index is 1.09. The predicted octanol–water partition coefficient (Wildman–Crippen LogP) is 2.16. The van der Waals surface area contributed by atoms with E-state index in [1.54, 1.807) is 0 Å². The maximum absolute atomic E-state index is 3.42. The summed E-state index contributed by atoms with van der Waals surface area (Å²) in [4.78, 5) is 0. The van der Waals surface area contributed by atoms with Crippen LogP contribution in [0, 0.1) is 0 Å². The fourth-order valence-electron chi connectivity index (χ4n) is 1.37. The normalized spacial score (nSPS) is 16.9. The topological polar surface area (TPSA) is 15.3 Å². The van der Waals surface area contributed by atoms with E-state index in [-0.39, 0.29) is 0 Å². The Kier molecular flexibility index (Phi) is 2.33. The van der Waals surface area contributed by atoms with Crippen molar-refractivity contribution in [3.63, 3.8) is 0 Å². The lowest BCUT2D eigenvalue weighted by atomic mass is 10.3. The molecule has 1 aliphatic heterocycles. The van der Waals surface area contributed by atoms with E-state index in [9.17, 15) is 0 Å². The molecule has 0 aliphatic carbocycles. The second-order valence-electron chi connectivity index (χ2n) is 2.89. The third kappa shape index (κ3) is 1.62. The van der Waals surface area contributed by atoms with E-state index in [4.69, 9.17) is 0 Å². The Morgan fingerprint density at radius 2 is 2.00 bits per heavy atom. The first-order valence-electron chi connectivity index (χ1n) is 4.13. The molecule has 0 unspecified atom stereocenters. The molecule has 0 atom stereocenters. The van der Waals surface area contributed by atoms with Crippen LogP contribution in [0.15, 0.2) is 28.7 Å². The van der Waals surface area contributed by atoms with Gasteiger partial charge < -0.3 is 5.01 Å². The molecule has 1 aromatic rings. The lowest BCUT2D eigenvalue weighted by molar-refractivity contribution is 0.787. The van der Waals surface area contributed by atoms with Gasteiger partial charge in [-0.2, -0.15) is 0 Å². The maximum Gasteiger partial charge on any atom is 0.0520 e. The number of nitrogens with one attached hydrogen (secondary N) is 1. The summed E-state index contributed by atoms with van der Waals surface area (Å²) in [5.74, 6) is 0. The number of hydrogen-bond acceptors (Lipinski definition) is 2. The first-order valence-corrected chi connectivity index (χ1v) is 4.92. The van der Waals surface area contributed by atoms with E-state index in [1.807, 2.05) is 0 Å². The van der Waals surface area contributed by atoms with Gasteiger partial charge in [0.05, 0.1) is 5.69 Å². The van der Waals surface area contributed by atoms with Crippen molar-refractivity contribution in [2.75, 3.05) is 18.1 Å². The summed E-state index contributed by atoms with van der Waals surface area (Å²) in [6.45, 7) is 2.21. The van der Waals surface area contributed by atoms with Crippen molar-refractivity contribution < 1.29 is 0 Å². The fourth-order valence-corrected chi connectivity index (χ4v) is 1.64. The van der Waals surface area contributed by atoms with Gasteiger partial charge in [0.15, 0.2) is 0 Å². The molecule has 12 heavy (non-hydrogen) atoms. The van der Waals surface area contributed by atoms with Crippen LogP contribution in [-0.4, -0.2) is 13.1 Å². The number of hydrazine groups is 1. The second-order valence-corrected chi connectivity index (χ2v) is 3.81. The molecule has 0 amide bonds. The lowest BCUT2D eigenvalue weighted by Gasteiger charge is -2.17. The van der Waals surface area contributed by atoms with Crippen molar-refractivity contribution in [2.45, 2.75) is 6.42 Å². The standard InChI is InChI=1S/C9H11BrN2/c10-8-2-4-9(5-3-8)12-7-1-6-11-12/h2-5,11H,1,6-7H2. The van der Waals surface area contributed by atoms with Crippen LogP contribution in [-0.2, 0) is 0 Å². The average molecular weight is 227 g/mol. The van der Waals surface area contributed by atoms with E-state index in [0.29, 0.717) is 0 Å². The molecule has 1 aliphatic rings. The molecule has 0 radical (unpaired) electrons. The van der Waals surface area contributed by atoms with Crippen molar-refractivity contribution in [1.29, 1.82) is 0 Å². The van der Waals surface area contributed by atoms with Gasteiger partial charge in [-0.1, -0.05) is 15.9 Å². The summed E-state index contributed by atoms with van der Waals surface area (Å²) < 4.78 is 1.13. The van der Waals surface area contributed by atoms with Crippen molar-refractivity contribution >= 4 is 21.6 Å². The highest BCUT2D eigenvalue weighted by molar-refractivity contribution is 9.10. The summed E-state index contributed by atoms with van der Waals surface area (Å²) in [6, 6.07) is 8.36. The van der Waals surface area contributed by atoms with Gasteiger partial charge in [-0.3, -0.25) is 0 Å². The van der Waals surface area contributed by atoms with Gasteiger partial charge in [-0.05, 0) is 30.7 Å². The molecule has 1 aromatic carbocycles. The molecule has 0 saturated carbocycles. The molecule has 1 fully saturated rings. The molecule has 1 heterocycles. The quantitative estimate of drug-likeness (QED) is 0.790. The molecular weight excluding hydrogens is 216 g/mol. The van der Waals surface area contributed by atoms with Crippen molar-refractivity contribution in [1.82, 2.24) is 5.43 Å². The van der Waals surface area contributed by atoms with E-state index in [1.165, 1.54) is 12.1 Å². The smallest absolute Gasteiger partial charge is 0.0520 e. The van der Waals surface area contributed by atoms with Crippen molar-refractivity contribution in [2.24, 2.45) is 0 Å². The number of rotatable bonds is 1. The van der Waals surface area contributed by atoms with E-state index >= 15 is 0 Å². The van der Waals surface area contributed by atoms with E-state index < -0.39 is 0 Å². The van der Waals surface area contributed by atoms with E-state index in [0.717, 1.165) is 17.6 Å². The summed E-state index contributed by atoms with van der Waals surface area (Å²) in [5.41, 5.74) is 4.56. The van der Waals surface area contributed by atoms with Crippen molar-refractivity contribution in [3.8, 4) is 0 Å². The Morgan fingerprint density at radius 1 is 1.25 bits per heavy atom. The van der Waals surface area contributed by atoms with Crippen LogP contribution < -0.4 is 10.4 Å². The Bertz CT molecular complexity index is 252. The Morgan fingerprint density at radius 3 is 2.58 bits per heavy atom. The highest BCUT2D eigenvalue weighted by Gasteiger charge is 2.10. The third-order valence-electron chi connectivity index (χ3n) is 2.00. The Balaban J connectivity index is 2.17. The number of anilines is 1. The van der Waals surface area contributed by atoms with Crippen LogP contribution in [0.4, 0.5) is 5.69 Å². The molecule has 2 rings (SSSR count). The molecular formula is C9H11BrN2. The second kappa shape index (κ2) is 3.46. The number of hydrogen-bond donors (Lipinski definition) is 1. The van der Waals surface area contributed by atoms with Crippen LogP contribution in [0.25, 0.3) is 0 Å². The zero-order chi connectivity index (χ0) is 8.39. The minimum absolute atomic E-state index is 1.09. The monoisotopic (exact) mass is 226 g/mol. The Labute approximate surface area is 80.7 Å². The molecule has 3 heteroatoms. The van der Waals surface area contributed by atoms with Crippen LogP contribution in [0.1, 0.15) is 6.42 Å². The summed E-state index contributed by atoms with van der Waals surface area (Å²) in [6.07, 6.45) is 1.23. The summed E-state index contributed by atoms with van der Waals surface area (Å²) >= 11 is 3.42. The zero-order valence-electron chi connectivity index (χ0n) is 6.76. The van der Waals surface area contributed by atoms with Gasteiger partial charge in [0, 0.05) is 17.6 Å². The lowest BCUT2D eigenvalue weighted by Crippen LogP contribution is -2.30.